The molecular formula is C16H18BrN3O3. The predicted octanol–water partition coefficient (Wildman–Crippen LogP) is 2.74. The SMILES string of the molecule is Cc1c(C(=O)N(C)CC(C)C(=O)O)cnn1-c1ccc(Br)cc1. The van der Waals surface area contributed by atoms with Crippen LogP contribution >= 0.6 is 15.9 Å². The average Bonchev–Trinajstić information content (AvgIpc) is 2.88. The standard InChI is InChI=1S/C16H18BrN3O3/c1-10(16(22)23)9-19(3)15(21)14-8-18-20(11(14)2)13-6-4-12(17)5-7-13/h4-8,10H,9H2,1-3H3,(H,22,23). The van der Waals surface area contributed by atoms with E-state index in [4.69, 9.17) is 5.11 Å². The lowest BCUT2D eigenvalue weighted by Gasteiger charge is -2.19. The molecule has 0 fully saturated rings. The molecule has 0 aliphatic rings. The van der Waals surface area contributed by atoms with E-state index in [0.29, 0.717) is 11.3 Å². The van der Waals surface area contributed by atoms with E-state index in [1.54, 1.807) is 18.7 Å². The molecular weight excluding hydrogens is 362 g/mol. The number of aromatic nitrogens is 2. The van der Waals surface area contributed by atoms with E-state index in [9.17, 15) is 9.59 Å². The number of rotatable bonds is 5. The molecule has 1 atom stereocenters. The van der Waals surface area contributed by atoms with Crippen LogP contribution in [0, 0.1) is 12.8 Å². The van der Waals surface area contributed by atoms with Crippen LogP contribution < -0.4 is 0 Å². The molecule has 0 aliphatic carbocycles. The number of amides is 1. The van der Waals surface area contributed by atoms with Crippen LogP contribution in [0.1, 0.15) is 23.0 Å². The van der Waals surface area contributed by atoms with Gasteiger partial charge in [0.05, 0.1) is 29.1 Å². The fraction of sp³-hybridized carbons (Fsp3) is 0.312. The van der Waals surface area contributed by atoms with E-state index < -0.39 is 11.9 Å². The van der Waals surface area contributed by atoms with Gasteiger partial charge in [-0.3, -0.25) is 9.59 Å². The fourth-order valence-electron chi connectivity index (χ4n) is 2.24. The van der Waals surface area contributed by atoms with Crippen LogP contribution in [0.5, 0.6) is 0 Å². The summed E-state index contributed by atoms with van der Waals surface area (Å²) >= 11 is 3.38. The highest BCUT2D eigenvalue weighted by atomic mass is 79.9. The quantitative estimate of drug-likeness (QED) is 0.866. The number of aliphatic carboxylic acids is 1. The van der Waals surface area contributed by atoms with Gasteiger partial charge in [-0.05, 0) is 31.2 Å². The summed E-state index contributed by atoms with van der Waals surface area (Å²) in [6.07, 6.45) is 1.52. The number of nitrogens with zero attached hydrogens (tertiary/aromatic N) is 3. The molecule has 2 rings (SSSR count). The van der Waals surface area contributed by atoms with Gasteiger partial charge in [0.2, 0.25) is 0 Å². The number of hydrogen-bond donors (Lipinski definition) is 1. The Hall–Kier alpha value is -2.15. The lowest BCUT2D eigenvalue weighted by atomic mass is 10.1. The van der Waals surface area contributed by atoms with Crippen LogP contribution in [0.25, 0.3) is 5.69 Å². The Morgan fingerprint density at radius 3 is 2.52 bits per heavy atom. The Bertz CT molecular complexity index is 725. The van der Waals surface area contributed by atoms with E-state index in [2.05, 4.69) is 21.0 Å². The van der Waals surface area contributed by atoms with Gasteiger partial charge < -0.3 is 10.0 Å². The van der Waals surface area contributed by atoms with E-state index >= 15 is 0 Å². The Morgan fingerprint density at radius 2 is 1.96 bits per heavy atom. The highest BCUT2D eigenvalue weighted by Crippen LogP contribution is 2.18. The first-order valence-corrected chi connectivity index (χ1v) is 7.89. The highest BCUT2D eigenvalue weighted by molar-refractivity contribution is 9.10. The van der Waals surface area contributed by atoms with E-state index in [0.717, 1.165) is 10.2 Å². The normalized spacial score (nSPS) is 12.0. The van der Waals surface area contributed by atoms with Crippen LogP contribution in [-0.4, -0.2) is 45.3 Å². The zero-order chi connectivity index (χ0) is 17.1. The van der Waals surface area contributed by atoms with Gasteiger partial charge >= 0.3 is 5.97 Å². The van der Waals surface area contributed by atoms with Crippen molar-refractivity contribution in [1.82, 2.24) is 14.7 Å². The molecule has 1 aromatic heterocycles. The average molecular weight is 380 g/mol. The molecule has 1 N–H and O–H groups in total. The number of carboxylic acids is 1. The van der Waals surface area contributed by atoms with Crippen molar-refractivity contribution in [2.45, 2.75) is 13.8 Å². The topological polar surface area (TPSA) is 75.4 Å². The van der Waals surface area contributed by atoms with Gasteiger partial charge in [0.25, 0.3) is 5.91 Å². The lowest BCUT2D eigenvalue weighted by molar-refractivity contribution is -0.141. The summed E-state index contributed by atoms with van der Waals surface area (Å²) < 4.78 is 2.65. The second-order valence-electron chi connectivity index (χ2n) is 5.46. The molecule has 7 heteroatoms. The van der Waals surface area contributed by atoms with Crippen LogP contribution in [-0.2, 0) is 4.79 Å². The monoisotopic (exact) mass is 379 g/mol. The summed E-state index contributed by atoms with van der Waals surface area (Å²) in [4.78, 5) is 24.8. The lowest BCUT2D eigenvalue weighted by Crippen LogP contribution is -2.33. The summed E-state index contributed by atoms with van der Waals surface area (Å²) in [7, 11) is 1.60. The number of carboxylic acid groups (broad SMARTS) is 1. The summed E-state index contributed by atoms with van der Waals surface area (Å²) in [5.41, 5.74) is 2.03. The molecule has 2 aromatic rings. The number of carbonyl (C=O) groups is 2. The van der Waals surface area contributed by atoms with Crippen molar-refractivity contribution in [1.29, 1.82) is 0 Å². The van der Waals surface area contributed by atoms with Gasteiger partial charge in [-0.2, -0.15) is 5.10 Å². The van der Waals surface area contributed by atoms with Gasteiger partial charge in [0.1, 0.15) is 0 Å². The molecule has 0 bridgehead atoms. The number of halogens is 1. The molecule has 1 heterocycles. The van der Waals surface area contributed by atoms with Crippen molar-refractivity contribution in [2.75, 3.05) is 13.6 Å². The van der Waals surface area contributed by atoms with Crippen LogP contribution in [0.3, 0.4) is 0 Å². The minimum atomic E-state index is -0.924. The Kier molecular flexibility index (Phi) is 5.20. The number of carbonyl (C=O) groups excluding carboxylic acids is 1. The van der Waals surface area contributed by atoms with Gasteiger partial charge in [0, 0.05) is 18.1 Å². The van der Waals surface area contributed by atoms with Crippen LogP contribution in [0.2, 0.25) is 0 Å². The van der Waals surface area contributed by atoms with Crippen LogP contribution in [0.4, 0.5) is 0 Å². The maximum atomic E-state index is 12.5. The summed E-state index contributed by atoms with van der Waals surface area (Å²) in [6, 6.07) is 7.60. The van der Waals surface area contributed by atoms with Crippen molar-refractivity contribution < 1.29 is 14.7 Å². The first-order chi connectivity index (χ1) is 10.8. The van der Waals surface area contributed by atoms with Crippen molar-refractivity contribution in [3.05, 3.63) is 46.2 Å². The summed E-state index contributed by atoms with van der Waals surface area (Å²) in [5, 5.41) is 13.2. The van der Waals surface area contributed by atoms with E-state index in [-0.39, 0.29) is 12.5 Å². The first kappa shape index (κ1) is 17.2. The molecule has 6 nitrogen and oxygen atoms in total. The zero-order valence-electron chi connectivity index (χ0n) is 13.2. The third-order valence-electron chi connectivity index (χ3n) is 3.63. The molecule has 1 amide bonds. The van der Waals surface area contributed by atoms with E-state index in [1.165, 1.54) is 11.1 Å². The minimum absolute atomic E-state index is 0.150. The van der Waals surface area contributed by atoms with Gasteiger partial charge in [-0.25, -0.2) is 4.68 Å². The van der Waals surface area contributed by atoms with Crippen molar-refractivity contribution in [2.24, 2.45) is 5.92 Å². The molecule has 1 unspecified atom stereocenters. The van der Waals surface area contributed by atoms with E-state index in [1.807, 2.05) is 31.2 Å². The molecule has 1 aromatic carbocycles. The molecule has 0 radical (unpaired) electrons. The predicted molar refractivity (Wildman–Crippen MR) is 89.8 cm³/mol. The summed E-state index contributed by atoms with van der Waals surface area (Å²) in [5.74, 6) is -1.78. The van der Waals surface area contributed by atoms with Gasteiger partial charge in [-0.15, -0.1) is 0 Å². The second-order valence-corrected chi connectivity index (χ2v) is 6.37. The smallest absolute Gasteiger partial charge is 0.308 e. The molecule has 0 spiro atoms. The van der Waals surface area contributed by atoms with Crippen molar-refractivity contribution in [3.63, 3.8) is 0 Å². The third-order valence-corrected chi connectivity index (χ3v) is 4.16. The molecule has 23 heavy (non-hydrogen) atoms. The second kappa shape index (κ2) is 6.95. The molecule has 0 saturated carbocycles. The third kappa shape index (κ3) is 3.79. The largest absolute Gasteiger partial charge is 0.481 e. The zero-order valence-corrected chi connectivity index (χ0v) is 14.7. The van der Waals surface area contributed by atoms with Crippen LogP contribution in [0.15, 0.2) is 34.9 Å². The van der Waals surface area contributed by atoms with Gasteiger partial charge in [0.15, 0.2) is 0 Å². The number of benzene rings is 1. The Morgan fingerprint density at radius 1 is 1.35 bits per heavy atom. The maximum Gasteiger partial charge on any atom is 0.308 e. The molecule has 122 valence electrons. The highest BCUT2D eigenvalue weighted by Gasteiger charge is 2.22. The molecule has 0 aliphatic heterocycles. The first-order valence-electron chi connectivity index (χ1n) is 7.10. The van der Waals surface area contributed by atoms with Gasteiger partial charge in [-0.1, -0.05) is 22.9 Å². The molecule has 0 saturated heterocycles. The van der Waals surface area contributed by atoms with Crippen molar-refractivity contribution in [3.8, 4) is 5.69 Å². The minimum Gasteiger partial charge on any atom is -0.481 e. The maximum absolute atomic E-state index is 12.5. The summed E-state index contributed by atoms with van der Waals surface area (Å²) in [6.45, 7) is 3.54. The Balaban J connectivity index is 2.23. The number of hydrogen-bond acceptors (Lipinski definition) is 3. The Labute approximate surface area is 142 Å². The fourth-order valence-corrected chi connectivity index (χ4v) is 2.50. The van der Waals surface area contributed by atoms with Crippen molar-refractivity contribution >= 4 is 27.8 Å².